The molecule has 6 rings (SSSR count). The van der Waals surface area contributed by atoms with Crippen molar-refractivity contribution in [1.82, 2.24) is 9.88 Å². The summed E-state index contributed by atoms with van der Waals surface area (Å²) < 4.78 is 0. The average Bonchev–Trinajstić information content (AvgIpc) is 3.36. The third-order valence-electron chi connectivity index (χ3n) is 7.92. The molecular formula is C35H33N5O4. The molecule has 0 radical (unpaired) electrons. The summed E-state index contributed by atoms with van der Waals surface area (Å²) in [5.41, 5.74) is 5.32. The van der Waals surface area contributed by atoms with Crippen molar-refractivity contribution >= 4 is 39.6 Å². The second-order valence-corrected chi connectivity index (χ2v) is 11.0. The molecule has 0 unspecified atom stereocenters. The Balaban J connectivity index is 1.31. The number of hydrogen-bond acceptors (Lipinski definition) is 6. The van der Waals surface area contributed by atoms with Crippen LogP contribution in [0.15, 0.2) is 102 Å². The number of H-pyrrole nitrogens is 1. The van der Waals surface area contributed by atoms with Crippen LogP contribution in [0.4, 0.5) is 17.1 Å². The number of carbonyl (C=O) groups excluding carboxylic acids is 1. The molecule has 0 saturated carbocycles. The smallest absolute Gasteiger partial charge is 0.273 e. The predicted octanol–water partition coefficient (Wildman–Crippen LogP) is 7.12. The molecule has 44 heavy (non-hydrogen) atoms. The number of nitro groups is 1. The molecule has 222 valence electrons. The highest BCUT2D eigenvalue weighted by molar-refractivity contribution is 6.22. The first kappa shape index (κ1) is 28.8. The number of aromatic nitrogens is 1. The van der Waals surface area contributed by atoms with E-state index in [-0.39, 0.29) is 23.9 Å². The van der Waals surface area contributed by atoms with Gasteiger partial charge in [0.2, 0.25) is 5.91 Å². The van der Waals surface area contributed by atoms with Gasteiger partial charge in [-0.25, -0.2) is 4.99 Å². The van der Waals surface area contributed by atoms with Crippen molar-refractivity contribution in [3.63, 3.8) is 0 Å². The Morgan fingerprint density at radius 1 is 0.932 bits per heavy atom. The number of nitro benzene ring substituents is 1. The van der Waals surface area contributed by atoms with Gasteiger partial charge in [0.05, 0.1) is 28.3 Å². The maximum atomic E-state index is 12.9. The molecule has 9 nitrogen and oxygen atoms in total. The van der Waals surface area contributed by atoms with Gasteiger partial charge in [-0.2, -0.15) is 0 Å². The fourth-order valence-electron chi connectivity index (χ4n) is 5.75. The normalized spacial score (nSPS) is 14.0. The number of amides is 1. The number of para-hydroxylation sites is 1. The fraction of sp³-hybridized carbons (Fsp3) is 0.200. The molecule has 0 atom stereocenters. The van der Waals surface area contributed by atoms with E-state index in [1.807, 2.05) is 42.5 Å². The van der Waals surface area contributed by atoms with Gasteiger partial charge >= 0.3 is 0 Å². The Hall–Kier alpha value is -5.28. The summed E-state index contributed by atoms with van der Waals surface area (Å²) in [5, 5.41) is 26.0. The maximum absolute atomic E-state index is 12.9. The van der Waals surface area contributed by atoms with Crippen LogP contribution in [-0.2, 0) is 17.8 Å². The maximum Gasteiger partial charge on any atom is 0.273 e. The lowest BCUT2D eigenvalue weighted by Gasteiger charge is -2.26. The van der Waals surface area contributed by atoms with Gasteiger partial charge in [0, 0.05) is 40.3 Å². The second-order valence-electron chi connectivity index (χ2n) is 11.0. The van der Waals surface area contributed by atoms with Gasteiger partial charge in [-0.15, -0.1) is 0 Å². The number of hydrogen-bond donors (Lipinski definition) is 3. The number of nitrogens with zero attached hydrogens (tertiary/aromatic N) is 3. The number of carbonyl (C=O) groups is 1. The van der Waals surface area contributed by atoms with Crippen molar-refractivity contribution in [2.45, 2.75) is 32.2 Å². The van der Waals surface area contributed by atoms with Crippen LogP contribution in [0.3, 0.4) is 0 Å². The topological polar surface area (TPSA) is 124 Å². The molecule has 1 amide bonds. The van der Waals surface area contributed by atoms with Crippen LogP contribution in [0.5, 0.6) is 5.88 Å². The first-order valence-corrected chi connectivity index (χ1v) is 14.8. The van der Waals surface area contributed by atoms with Crippen molar-refractivity contribution in [2.75, 3.05) is 18.4 Å². The van der Waals surface area contributed by atoms with Crippen molar-refractivity contribution in [3.05, 3.63) is 129 Å². The number of anilines is 1. The van der Waals surface area contributed by atoms with Gasteiger partial charge in [0.1, 0.15) is 0 Å². The molecule has 0 aliphatic carbocycles. The Bertz CT molecular complexity index is 1820. The molecule has 1 aliphatic heterocycles. The van der Waals surface area contributed by atoms with E-state index in [9.17, 15) is 20.0 Å². The van der Waals surface area contributed by atoms with Crippen LogP contribution >= 0.6 is 0 Å². The third kappa shape index (κ3) is 6.53. The lowest BCUT2D eigenvalue weighted by Crippen LogP contribution is -2.28. The van der Waals surface area contributed by atoms with Gasteiger partial charge in [0.25, 0.3) is 5.69 Å². The minimum Gasteiger partial charge on any atom is -0.494 e. The van der Waals surface area contributed by atoms with E-state index in [2.05, 4.69) is 27.3 Å². The number of piperidine rings is 1. The van der Waals surface area contributed by atoms with Gasteiger partial charge in [0.15, 0.2) is 5.88 Å². The highest BCUT2D eigenvalue weighted by Gasteiger charge is 2.20. The summed E-state index contributed by atoms with van der Waals surface area (Å²) in [6.45, 7) is 3.18. The molecule has 2 heterocycles. The molecular weight excluding hydrogens is 554 g/mol. The summed E-state index contributed by atoms with van der Waals surface area (Å²) >= 11 is 0. The number of likely N-dealkylation sites (tertiary alicyclic amines) is 1. The number of benzene rings is 4. The van der Waals surface area contributed by atoms with E-state index in [4.69, 9.17) is 4.99 Å². The Morgan fingerprint density at radius 2 is 1.66 bits per heavy atom. The van der Waals surface area contributed by atoms with Crippen LogP contribution in [0.2, 0.25) is 0 Å². The Kier molecular flexibility index (Phi) is 8.47. The monoisotopic (exact) mass is 587 g/mol. The zero-order valence-electron chi connectivity index (χ0n) is 24.2. The number of nitrogens with one attached hydrogen (secondary N) is 2. The van der Waals surface area contributed by atoms with E-state index in [1.165, 1.54) is 30.9 Å². The van der Waals surface area contributed by atoms with Gasteiger partial charge < -0.3 is 15.4 Å². The van der Waals surface area contributed by atoms with E-state index in [1.54, 1.807) is 36.4 Å². The molecule has 1 aliphatic rings. The van der Waals surface area contributed by atoms with Crippen LogP contribution < -0.4 is 5.32 Å². The number of aromatic hydroxyl groups is 1. The van der Waals surface area contributed by atoms with Crippen LogP contribution in [0.25, 0.3) is 10.9 Å². The molecule has 4 aromatic carbocycles. The van der Waals surface area contributed by atoms with Crippen LogP contribution in [0.1, 0.15) is 41.5 Å². The van der Waals surface area contributed by atoms with E-state index in [0.29, 0.717) is 33.4 Å². The van der Waals surface area contributed by atoms with E-state index >= 15 is 0 Å². The summed E-state index contributed by atoms with van der Waals surface area (Å²) in [5.74, 6) is -0.422. The number of fused-ring (bicyclic) bond motifs is 1. The number of rotatable bonds is 9. The van der Waals surface area contributed by atoms with Gasteiger partial charge in [-0.3, -0.25) is 19.8 Å². The zero-order chi connectivity index (χ0) is 30.5. The number of aromatic amines is 1. The van der Waals surface area contributed by atoms with Gasteiger partial charge in [-0.1, -0.05) is 67.1 Å². The van der Waals surface area contributed by atoms with E-state index < -0.39 is 4.92 Å². The lowest BCUT2D eigenvalue weighted by atomic mass is 10.0. The largest absolute Gasteiger partial charge is 0.494 e. The third-order valence-corrected chi connectivity index (χ3v) is 7.92. The zero-order valence-corrected chi connectivity index (χ0v) is 24.2. The van der Waals surface area contributed by atoms with E-state index in [0.717, 1.165) is 30.9 Å². The molecule has 0 bridgehead atoms. The molecule has 3 N–H and O–H groups in total. The molecule has 1 aromatic heterocycles. The molecule has 9 heteroatoms. The minimum atomic E-state index is -0.490. The van der Waals surface area contributed by atoms with Crippen molar-refractivity contribution < 1.29 is 14.8 Å². The average molecular weight is 588 g/mol. The second kappa shape index (κ2) is 12.9. The molecule has 5 aromatic rings. The van der Waals surface area contributed by atoms with Crippen molar-refractivity contribution in [3.8, 4) is 5.88 Å². The lowest BCUT2D eigenvalue weighted by molar-refractivity contribution is -0.385. The quantitative estimate of drug-likeness (QED) is 0.0963. The summed E-state index contributed by atoms with van der Waals surface area (Å²) in [6, 6.07) is 29.4. The molecule has 0 spiro atoms. The molecule has 1 saturated heterocycles. The predicted molar refractivity (Wildman–Crippen MR) is 173 cm³/mol. The SMILES string of the molecule is O=C(Cc1ccccc1[N+](=O)[O-])Nc1ccc2[nH]c(O)c(C(=Nc3ccc(CN4CCCCC4)cc3)c3ccccc3)c2c1. The summed E-state index contributed by atoms with van der Waals surface area (Å²) in [6.07, 6.45) is 3.65. The Labute approximate surface area is 255 Å². The van der Waals surface area contributed by atoms with Crippen LogP contribution in [-0.4, -0.2) is 44.6 Å². The standard InChI is InChI=1S/C35H33N5O4/c41-32(21-26-11-5-6-12-31(26)40(43)44)36-28-17-18-30-29(22-28)33(35(42)38-30)34(25-9-3-1-4-10-25)37-27-15-13-24(14-16-27)23-39-19-7-2-8-20-39/h1,3-6,9-18,22,38,42H,2,7-8,19-21,23H2,(H,36,41). The van der Waals surface area contributed by atoms with Crippen molar-refractivity contribution in [2.24, 2.45) is 4.99 Å². The Morgan fingerprint density at radius 3 is 2.41 bits per heavy atom. The highest BCUT2D eigenvalue weighted by Crippen LogP contribution is 2.33. The van der Waals surface area contributed by atoms with Crippen molar-refractivity contribution in [1.29, 1.82) is 0 Å². The summed E-state index contributed by atoms with van der Waals surface area (Å²) in [7, 11) is 0. The highest BCUT2D eigenvalue weighted by atomic mass is 16.6. The van der Waals surface area contributed by atoms with Crippen LogP contribution in [0, 0.1) is 10.1 Å². The number of aliphatic imine (C=N–C) groups is 1. The summed E-state index contributed by atoms with van der Waals surface area (Å²) in [4.78, 5) is 34.4. The minimum absolute atomic E-state index is 0.0345. The van der Waals surface area contributed by atoms with Gasteiger partial charge in [-0.05, 0) is 61.8 Å². The first-order chi connectivity index (χ1) is 21.4. The molecule has 1 fully saturated rings. The first-order valence-electron chi connectivity index (χ1n) is 14.8. The fourth-order valence-corrected chi connectivity index (χ4v) is 5.75.